The summed E-state index contributed by atoms with van der Waals surface area (Å²) in [6.45, 7) is 4.68. The monoisotopic (exact) mass is 336 g/mol. The summed E-state index contributed by atoms with van der Waals surface area (Å²) in [6.07, 6.45) is 6.74. The molecule has 1 heterocycles. The van der Waals surface area contributed by atoms with Crippen molar-refractivity contribution in [3.8, 4) is 0 Å². The number of hydrogen-bond acceptors (Lipinski definition) is 4. The van der Waals surface area contributed by atoms with Crippen LogP contribution in [0.4, 0.5) is 4.79 Å². The van der Waals surface area contributed by atoms with E-state index >= 15 is 0 Å². The van der Waals surface area contributed by atoms with Crippen molar-refractivity contribution in [2.24, 2.45) is 0 Å². The SMILES string of the molecule is CCCn1ncnc1C(C)NC(=O)NC1(C(=O)NC)CCCCC1. The molecule has 1 aromatic rings. The van der Waals surface area contributed by atoms with Crippen LogP contribution in [0.5, 0.6) is 0 Å². The summed E-state index contributed by atoms with van der Waals surface area (Å²) in [5.41, 5.74) is -0.812. The summed E-state index contributed by atoms with van der Waals surface area (Å²) >= 11 is 0. The molecule has 8 nitrogen and oxygen atoms in total. The lowest BCUT2D eigenvalue weighted by molar-refractivity contribution is -0.128. The molecule has 0 aliphatic heterocycles. The molecule has 24 heavy (non-hydrogen) atoms. The van der Waals surface area contributed by atoms with E-state index < -0.39 is 5.54 Å². The lowest BCUT2D eigenvalue weighted by Gasteiger charge is -2.36. The van der Waals surface area contributed by atoms with Crippen molar-refractivity contribution in [3.63, 3.8) is 0 Å². The highest BCUT2D eigenvalue weighted by molar-refractivity contribution is 5.91. The predicted octanol–water partition coefficient (Wildman–Crippen LogP) is 1.50. The summed E-state index contributed by atoms with van der Waals surface area (Å²) in [5, 5.41) is 12.6. The van der Waals surface area contributed by atoms with Crippen molar-refractivity contribution in [3.05, 3.63) is 12.2 Å². The molecule has 0 bridgehead atoms. The van der Waals surface area contributed by atoms with E-state index in [4.69, 9.17) is 0 Å². The minimum atomic E-state index is -0.812. The van der Waals surface area contributed by atoms with E-state index in [9.17, 15) is 9.59 Å². The van der Waals surface area contributed by atoms with Crippen LogP contribution < -0.4 is 16.0 Å². The van der Waals surface area contributed by atoms with E-state index in [0.717, 1.165) is 32.2 Å². The standard InChI is InChI=1S/C16H28N6O2/c1-4-10-22-13(18-11-19-22)12(2)20-15(24)21-16(14(23)17-3)8-6-5-7-9-16/h11-12H,4-10H2,1-3H3,(H,17,23)(H2,20,21,24). The first-order valence-corrected chi connectivity index (χ1v) is 8.71. The van der Waals surface area contributed by atoms with Gasteiger partial charge in [0.2, 0.25) is 5.91 Å². The Morgan fingerprint density at radius 2 is 2.04 bits per heavy atom. The zero-order valence-electron chi connectivity index (χ0n) is 14.8. The molecule has 2 rings (SSSR count). The molecule has 134 valence electrons. The zero-order chi connectivity index (χ0) is 17.6. The van der Waals surface area contributed by atoms with Crippen molar-refractivity contribution in [2.75, 3.05) is 7.05 Å². The van der Waals surface area contributed by atoms with Crippen LogP contribution in [0.25, 0.3) is 0 Å². The molecular formula is C16H28N6O2. The van der Waals surface area contributed by atoms with E-state index in [1.807, 2.05) is 6.92 Å². The largest absolute Gasteiger partial charge is 0.357 e. The second-order valence-electron chi connectivity index (χ2n) is 6.38. The van der Waals surface area contributed by atoms with Crippen molar-refractivity contribution >= 4 is 11.9 Å². The van der Waals surface area contributed by atoms with Gasteiger partial charge < -0.3 is 16.0 Å². The van der Waals surface area contributed by atoms with Crippen molar-refractivity contribution in [1.82, 2.24) is 30.7 Å². The summed E-state index contributed by atoms with van der Waals surface area (Å²) < 4.78 is 1.79. The molecule has 0 saturated heterocycles. The number of hydrogen-bond donors (Lipinski definition) is 3. The molecule has 8 heteroatoms. The average Bonchev–Trinajstić information content (AvgIpc) is 3.03. The fraction of sp³-hybridized carbons (Fsp3) is 0.750. The number of carbonyl (C=O) groups excluding carboxylic acids is 2. The molecule has 1 atom stereocenters. The van der Waals surface area contributed by atoms with E-state index in [1.54, 1.807) is 11.7 Å². The quantitative estimate of drug-likeness (QED) is 0.733. The first-order chi connectivity index (χ1) is 11.5. The van der Waals surface area contributed by atoms with Crippen LogP contribution in [0, 0.1) is 0 Å². The minimum Gasteiger partial charge on any atom is -0.357 e. The maximum Gasteiger partial charge on any atom is 0.316 e. The maximum absolute atomic E-state index is 12.5. The molecule has 0 aromatic carbocycles. The second kappa shape index (κ2) is 8.12. The van der Waals surface area contributed by atoms with Gasteiger partial charge in [0, 0.05) is 13.6 Å². The number of rotatable bonds is 6. The predicted molar refractivity (Wildman–Crippen MR) is 90.3 cm³/mol. The Bertz CT molecular complexity index is 565. The smallest absolute Gasteiger partial charge is 0.316 e. The number of urea groups is 1. The molecule has 3 amide bonds. The van der Waals surface area contributed by atoms with Crippen LogP contribution >= 0.6 is 0 Å². The molecule has 0 radical (unpaired) electrons. The summed E-state index contributed by atoms with van der Waals surface area (Å²) in [5.74, 6) is 0.587. The van der Waals surface area contributed by atoms with Gasteiger partial charge in [-0.3, -0.25) is 4.79 Å². The first-order valence-electron chi connectivity index (χ1n) is 8.71. The molecule has 0 spiro atoms. The van der Waals surface area contributed by atoms with Crippen LogP contribution in [-0.2, 0) is 11.3 Å². The molecular weight excluding hydrogens is 308 g/mol. The van der Waals surface area contributed by atoms with Gasteiger partial charge in [-0.1, -0.05) is 26.2 Å². The Labute approximate surface area is 142 Å². The molecule has 3 N–H and O–H groups in total. The number of aryl methyl sites for hydroxylation is 1. The van der Waals surface area contributed by atoms with Crippen molar-refractivity contribution in [2.45, 2.75) is 70.5 Å². The number of amides is 3. The van der Waals surface area contributed by atoms with Gasteiger partial charge in [-0.05, 0) is 26.2 Å². The lowest BCUT2D eigenvalue weighted by Crippen LogP contribution is -2.61. The molecule has 1 aliphatic carbocycles. The third-order valence-electron chi connectivity index (χ3n) is 4.54. The molecule has 1 aromatic heterocycles. The van der Waals surface area contributed by atoms with Gasteiger partial charge in [-0.15, -0.1) is 0 Å². The van der Waals surface area contributed by atoms with Crippen LogP contribution in [0.3, 0.4) is 0 Å². The summed E-state index contributed by atoms with van der Waals surface area (Å²) in [4.78, 5) is 29.0. The number of aromatic nitrogens is 3. The van der Waals surface area contributed by atoms with Gasteiger partial charge in [0.25, 0.3) is 0 Å². The topological polar surface area (TPSA) is 101 Å². The van der Waals surface area contributed by atoms with Crippen LogP contribution in [0.1, 0.15) is 64.2 Å². The summed E-state index contributed by atoms with van der Waals surface area (Å²) in [6, 6.07) is -0.636. The van der Waals surface area contributed by atoms with Crippen molar-refractivity contribution in [1.29, 1.82) is 0 Å². The fourth-order valence-electron chi connectivity index (χ4n) is 3.31. The highest BCUT2D eigenvalue weighted by atomic mass is 16.2. The number of nitrogens with zero attached hydrogens (tertiary/aromatic N) is 3. The lowest BCUT2D eigenvalue weighted by atomic mass is 9.81. The van der Waals surface area contributed by atoms with Crippen molar-refractivity contribution < 1.29 is 9.59 Å². The maximum atomic E-state index is 12.5. The Balaban J connectivity index is 2.02. The molecule has 1 fully saturated rings. The van der Waals surface area contributed by atoms with E-state index in [0.29, 0.717) is 18.7 Å². The Kier molecular flexibility index (Phi) is 6.16. The van der Waals surface area contributed by atoms with Gasteiger partial charge in [-0.2, -0.15) is 5.10 Å². The third-order valence-corrected chi connectivity index (χ3v) is 4.54. The van der Waals surface area contributed by atoms with Gasteiger partial charge >= 0.3 is 6.03 Å². The molecule has 1 aliphatic rings. The first kappa shape index (κ1) is 18.2. The Hall–Kier alpha value is -2.12. The number of carbonyl (C=O) groups is 2. The Morgan fingerprint density at radius 3 is 2.67 bits per heavy atom. The second-order valence-corrected chi connectivity index (χ2v) is 6.38. The van der Waals surface area contributed by atoms with Gasteiger partial charge in [0.15, 0.2) is 0 Å². The molecule has 1 saturated carbocycles. The van der Waals surface area contributed by atoms with Crippen LogP contribution in [-0.4, -0.2) is 39.3 Å². The van der Waals surface area contributed by atoms with E-state index in [-0.39, 0.29) is 18.0 Å². The number of likely N-dealkylation sites (N-methyl/N-ethyl adjacent to an activating group) is 1. The minimum absolute atomic E-state index is 0.126. The highest BCUT2D eigenvalue weighted by Crippen LogP contribution is 2.28. The van der Waals surface area contributed by atoms with Crippen LogP contribution in [0.15, 0.2) is 6.33 Å². The van der Waals surface area contributed by atoms with Crippen LogP contribution in [0.2, 0.25) is 0 Å². The Morgan fingerprint density at radius 1 is 1.33 bits per heavy atom. The fourth-order valence-corrected chi connectivity index (χ4v) is 3.31. The van der Waals surface area contributed by atoms with Gasteiger partial charge in [-0.25, -0.2) is 14.5 Å². The normalized spacial score (nSPS) is 17.8. The summed E-state index contributed by atoms with van der Waals surface area (Å²) in [7, 11) is 1.61. The average molecular weight is 336 g/mol. The van der Waals surface area contributed by atoms with E-state index in [2.05, 4.69) is 33.0 Å². The van der Waals surface area contributed by atoms with Gasteiger partial charge in [0.05, 0.1) is 6.04 Å². The molecule has 1 unspecified atom stereocenters. The highest BCUT2D eigenvalue weighted by Gasteiger charge is 2.40. The number of nitrogens with one attached hydrogen (secondary N) is 3. The zero-order valence-corrected chi connectivity index (χ0v) is 14.8. The van der Waals surface area contributed by atoms with Gasteiger partial charge in [0.1, 0.15) is 17.7 Å². The van der Waals surface area contributed by atoms with E-state index in [1.165, 1.54) is 6.33 Å². The third kappa shape index (κ3) is 4.04.